The summed E-state index contributed by atoms with van der Waals surface area (Å²) in [6.45, 7) is 5.81. The van der Waals surface area contributed by atoms with Crippen molar-refractivity contribution in [2.75, 3.05) is 11.5 Å². The van der Waals surface area contributed by atoms with Gasteiger partial charge in [0.05, 0.1) is 51.2 Å². The van der Waals surface area contributed by atoms with Crippen LogP contribution in [-0.4, -0.2) is 51.2 Å². The van der Waals surface area contributed by atoms with Gasteiger partial charge < -0.3 is 39.1 Å². The minimum Gasteiger partial charge on any atom is -0.418 e. The van der Waals surface area contributed by atoms with Crippen molar-refractivity contribution in [1.82, 2.24) is 39.0 Å². The minimum atomic E-state index is -2.84. The molecule has 0 amide bonds. The highest BCUT2D eigenvalue weighted by molar-refractivity contribution is 7.34. The Labute approximate surface area is 264 Å². The van der Waals surface area contributed by atoms with Crippen molar-refractivity contribution < 1.29 is 23.1 Å². The fourth-order valence-electron chi connectivity index (χ4n) is 4.72. The van der Waals surface area contributed by atoms with Crippen LogP contribution in [0.25, 0.3) is 22.3 Å². The first-order chi connectivity index (χ1) is 22.3. The first-order valence-corrected chi connectivity index (χ1v) is 15.7. The predicted molar refractivity (Wildman–Crippen MR) is 171 cm³/mol. The number of ether oxygens (including phenoxy) is 2. The summed E-state index contributed by atoms with van der Waals surface area (Å²) in [6, 6.07) is 14.3. The standard InChI is InChI=1S/C30H33N10O5P/c1-19(11-39-17-37-25-27(31)33-15-35-29(25)39)42-13-21-3-7-23(8-4-21)44-46(41)45-24-9-5-22(6-10-24)14-43-20(2)12-40-18-38-26-28(32)34-16-36-30(26)40/h3-10,15-20,46H,11-14H2,1-2H3,(H2,31,33,35)(H2,32,34,36)/t19-,20-/m1/s1. The Morgan fingerprint density at radius 3 is 1.48 bits per heavy atom. The molecular formula is C30H33N10O5P. The molecule has 6 aromatic rings. The molecule has 46 heavy (non-hydrogen) atoms. The van der Waals surface area contributed by atoms with Crippen LogP contribution in [0.2, 0.25) is 0 Å². The van der Waals surface area contributed by atoms with Gasteiger partial charge in [0, 0.05) is 0 Å². The summed E-state index contributed by atoms with van der Waals surface area (Å²) in [5.74, 6) is 1.55. The summed E-state index contributed by atoms with van der Waals surface area (Å²) in [4.78, 5) is 25.0. The Bertz CT molecular complexity index is 1810. The van der Waals surface area contributed by atoms with Crippen LogP contribution in [0.1, 0.15) is 25.0 Å². The zero-order valence-electron chi connectivity index (χ0n) is 25.2. The molecule has 0 spiro atoms. The molecule has 2 aromatic carbocycles. The largest absolute Gasteiger partial charge is 0.418 e. The van der Waals surface area contributed by atoms with Crippen LogP contribution < -0.4 is 20.5 Å². The van der Waals surface area contributed by atoms with Crippen molar-refractivity contribution in [3.63, 3.8) is 0 Å². The molecule has 238 valence electrons. The van der Waals surface area contributed by atoms with Crippen LogP contribution in [0, 0.1) is 0 Å². The van der Waals surface area contributed by atoms with Crippen molar-refractivity contribution in [3.05, 3.63) is 85.0 Å². The average Bonchev–Trinajstić information content (AvgIpc) is 3.66. The monoisotopic (exact) mass is 644 g/mol. The lowest BCUT2D eigenvalue weighted by atomic mass is 10.2. The molecule has 16 heteroatoms. The van der Waals surface area contributed by atoms with E-state index in [0.717, 1.165) is 11.1 Å². The topological polar surface area (TPSA) is 193 Å². The van der Waals surface area contributed by atoms with Crippen LogP contribution in [0.3, 0.4) is 0 Å². The van der Waals surface area contributed by atoms with Crippen molar-refractivity contribution in [2.24, 2.45) is 0 Å². The van der Waals surface area contributed by atoms with Crippen LogP contribution in [0.15, 0.2) is 73.8 Å². The maximum atomic E-state index is 12.6. The van der Waals surface area contributed by atoms with E-state index in [-0.39, 0.29) is 12.2 Å². The number of rotatable bonds is 14. The Hall–Kier alpha value is -5.11. The lowest BCUT2D eigenvalue weighted by Crippen LogP contribution is -2.16. The molecule has 0 fully saturated rings. The third kappa shape index (κ3) is 7.40. The molecule has 0 unspecified atom stereocenters. The Morgan fingerprint density at radius 2 is 1.07 bits per heavy atom. The fourth-order valence-corrected chi connectivity index (χ4v) is 5.42. The maximum absolute atomic E-state index is 12.6. The van der Waals surface area contributed by atoms with Crippen molar-refractivity contribution in [1.29, 1.82) is 0 Å². The molecule has 4 N–H and O–H groups in total. The second kappa shape index (κ2) is 13.9. The van der Waals surface area contributed by atoms with Gasteiger partial charge in [-0.1, -0.05) is 24.3 Å². The van der Waals surface area contributed by atoms with Crippen molar-refractivity contribution >= 4 is 42.2 Å². The molecule has 0 aliphatic heterocycles. The molecular weight excluding hydrogens is 611 g/mol. The summed E-state index contributed by atoms with van der Waals surface area (Å²) in [5.41, 5.74) is 16.1. The SMILES string of the molecule is C[C@H](Cn1cnc2c(N)ncnc21)OCc1ccc(O[PH](=O)Oc2ccc(CO[C@H](C)Cn3cnc4c(N)ncnc43)cc2)cc1. The van der Waals surface area contributed by atoms with Gasteiger partial charge in [-0.25, -0.2) is 34.5 Å². The van der Waals surface area contributed by atoms with Gasteiger partial charge in [-0.15, -0.1) is 0 Å². The van der Waals surface area contributed by atoms with Gasteiger partial charge in [-0.3, -0.25) is 0 Å². The number of fused-ring (bicyclic) bond motifs is 2. The molecule has 0 bridgehead atoms. The van der Waals surface area contributed by atoms with Crippen molar-refractivity contribution in [3.8, 4) is 11.5 Å². The number of nitrogen functional groups attached to an aromatic ring is 2. The maximum Gasteiger partial charge on any atom is 0.418 e. The van der Waals surface area contributed by atoms with E-state index in [1.54, 1.807) is 36.9 Å². The van der Waals surface area contributed by atoms with Gasteiger partial charge in [0.2, 0.25) is 0 Å². The molecule has 0 aliphatic carbocycles. The van der Waals surface area contributed by atoms with E-state index >= 15 is 0 Å². The smallest absolute Gasteiger partial charge is 0.418 e. The summed E-state index contributed by atoms with van der Waals surface area (Å²) >= 11 is 0. The van der Waals surface area contributed by atoms with Gasteiger partial charge in [-0.2, -0.15) is 0 Å². The van der Waals surface area contributed by atoms with E-state index in [4.69, 9.17) is 30.0 Å². The molecule has 15 nitrogen and oxygen atoms in total. The highest BCUT2D eigenvalue weighted by Gasteiger charge is 2.13. The quantitative estimate of drug-likeness (QED) is 0.161. The summed E-state index contributed by atoms with van der Waals surface area (Å²) in [5, 5.41) is 0. The zero-order chi connectivity index (χ0) is 32.0. The third-order valence-electron chi connectivity index (χ3n) is 7.08. The lowest BCUT2D eigenvalue weighted by molar-refractivity contribution is 0.0423. The second-order valence-electron chi connectivity index (χ2n) is 10.6. The van der Waals surface area contributed by atoms with Gasteiger partial charge in [0.1, 0.15) is 35.2 Å². The summed E-state index contributed by atoms with van der Waals surface area (Å²) in [7, 11) is -2.84. The van der Waals surface area contributed by atoms with Crippen LogP contribution in [0.5, 0.6) is 11.5 Å². The van der Waals surface area contributed by atoms with Gasteiger partial charge >= 0.3 is 8.25 Å². The van der Waals surface area contributed by atoms with Crippen LogP contribution in [0.4, 0.5) is 11.6 Å². The van der Waals surface area contributed by atoms with Gasteiger partial charge in [0.15, 0.2) is 22.9 Å². The minimum absolute atomic E-state index is 0.116. The molecule has 0 aliphatic rings. The number of benzene rings is 2. The van der Waals surface area contributed by atoms with E-state index in [9.17, 15) is 4.57 Å². The number of hydrogen-bond acceptors (Lipinski definition) is 13. The fraction of sp³-hybridized carbons (Fsp3) is 0.267. The molecule has 0 radical (unpaired) electrons. The number of aromatic nitrogens is 8. The van der Waals surface area contributed by atoms with Crippen LogP contribution in [-0.2, 0) is 40.3 Å². The molecule has 4 heterocycles. The number of nitrogens with two attached hydrogens (primary N) is 2. The van der Waals surface area contributed by atoms with Gasteiger partial charge in [-0.05, 0) is 49.2 Å². The lowest BCUT2D eigenvalue weighted by Gasteiger charge is -2.15. The first kappa shape index (κ1) is 30.9. The van der Waals surface area contributed by atoms with Gasteiger partial charge in [0.25, 0.3) is 0 Å². The normalized spacial score (nSPS) is 12.9. The Morgan fingerprint density at radius 1 is 0.652 bits per heavy atom. The predicted octanol–water partition coefficient (Wildman–Crippen LogP) is 4.19. The summed E-state index contributed by atoms with van der Waals surface area (Å²) < 4.78 is 39.4. The highest BCUT2D eigenvalue weighted by atomic mass is 31.1. The third-order valence-corrected chi connectivity index (χ3v) is 7.89. The van der Waals surface area contributed by atoms with E-state index in [1.807, 2.05) is 47.2 Å². The van der Waals surface area contributed by atoms with E-state index in [2.05, 4.69) is 29.9 Å². The molecule has 0 saturated carbocycles. The molecule has 2 atom stereocenters. The van der Waals surface area contributed by atoms with Crippen molar-refractivity contribution in [2.45, 2.75) is 52.4 Å². The molecule has 6 rings (SSSR count). The Kier molecular flexibility index (Phi) is 9.33. The number of hydrogen-bond donors (Lipinski definition) is 2. The first-order valence-electron chi connectivity index (χ1n) is 14.5. The summed E-state index contributed by atoms with van der Waals surface area (Å²) in [6.07, 6.45) is 5.96. The number of anilines is 2. The zero-order valence-corrected chi connectivity index (χ0v) is 26.2. The Balaban J connectivity index is 0.924. The number of nitrogens with zero attached hydrogens (tertiary/aromatic N) is 8. The number of imidazole rings is 2. The average molecular weight is 645 g/mol. The molecule has 0 saturated heterocycles. The highest BCUT2D eigenvalue weighted by Crippen LogP contribution is 2.31. The van der Waals surface area contributed by atoms with E-state index in [1.165, 1.54) is 12.7 Å². The van der Waals surface area contributed by atoms with E-state index in [0.29, 0.717) is 71.8 Å². The van der Waals surface area contributed by atoms with E-state index < -0.39 is 8.25 Å². The van der Waals surface area contributed by atoms with Crippen LogP contribution >= 0.6 is 8.25 Å². The molecule has 4 aromatic heterocycles. The second-order valence-corrected chi connectivity index (χ2v) is 11.5.